The van der Waals surface area contributed by atoms with Gasteiger partial charge in [-0.3, -0.25) is 25.9 Å². The summed E-state index contributed by atoms with van der Waals surface area (Å²) >= 11 is 19.3. The fourth-order valence-electron chi connectivity index (χ4n) is 8.50. The van der Waals surface area contributed by atoms with E-state index in [9.17, 15) is 9.59 Å². The lowest BCUT2D eigenvalue weighted by Crippen LogP contribution is -2.19. The predicted molar refractivity (Wildman–Crippen MR) is 323 cm³/mol. The molecule has 0 spiro atoms. The van der Waals surface area contributed by atoms with Gasteiger partial charge in [0.2, 0.25) is 5.88 Å². The molecule has 19 heteroatoms. The van der Waals surface area contributed by atoms with Crippen molar-refractivity contribution in [1.29, 1.82) is 0 Å². The predicted octanol–water partition coefficient (Wildman–Crippen LogP) is 16.5. The molecule has 0 atom stereocenters. The van der Waals surface area contributed by atoms with Crippen molar-refractivity contribution in [3.63, 3.8) is 0 Å². The van der Waals surface area contributed by atoms with Gasteiger partial charge in [0.25, 0.3) is 0 Å². The molecule has 4 heterocycles. The SMILES string of the molecule is CCOc1ccc(NC(=O)Nc2n[nH]c3cc(Cl)c(-c4ccccc4)cc23)cc1.COc1cccc(Nc2n[nH]c3cc(Cl)c(-c4ccccc4)cc23)n1.O=C(Nc1ccccc1)Nc1n[nH]c2cc(Cl)c(-c3ccccc3)cc12. The summed E-state index contributed by atoms with van der Waals surface area (Å²) in [4.78, 5) is 29.0. The van der Waals surface area contributed by atoms with Gasteiger partial charge >= 0.3 is 12.1 Å². The summed E-state index contributed by atoms with van der Waals surface area (Å²) in [6.45, 7) is 2.51. The van der Waals surface area contributed by atoms with E-state index in [-0.39, 0.29) is 6.03 Å². The number of anilines is 6. The number of benzene rings is 8. The fourth-order valence-corrected chi connectivity index (χ4v) is 9.32. The number of hydrogen-bond acceptors (Lipinski definition) is 9. The van der Waals surface area contributed by atoms with E-state index >= 15 is 0 Å². The number of H-pyrrole nitrogens is 3. The number of aromatic amines is 3. The molecule has 398 valence electrons. The highest BCUT2D eigenvalue weighted by Crippen LogP contribution is 2.37. The molecular weight excluding hydrogens is 1070 g/mol. The molecule has 0 radical (unpaired) electrons. The number of hydrogen-bond donors (Lipinski definition) is 8. The van der Waals surface area contributed by atoms with Crippen molar-refractivity contribution in [2.45, 2.75) is 6.92 Å². The number of pyridine rings is 1. The van der Waals surface area contributed by atoms with Crippen LogP contribution in [0.25, 0.3) is 66.1 Å². The lowest BCUT2D eigenvalue weighted by molar-refractivity contribution is 0.261. The number of para-hydroxylation sites is 1. The minimum Gasteiger partial charge on any atom is -0.494 e. The average Bonchev–Trinajstić information content (AvgIpc) is 4.20. The molecule has 8 aromatic carbocycles. The van der Waals surface area contributed by atoms with Gasteiger partial charge in [0, 0.05) is 50.3 Å². The second-order valence-electron chi connectivity index (χ2n) is 17.6. The quantitative estimate of drug-likeness (QED) is 0.0584. The summed E-state index contributed by atoms with van der Waals surface area (Å²) in [5.41, 5.74) is 9.47. The Morgan fingerprint density at radius 1 is 0.463 bits per heavy atom. The van der Waals surface area contributed by atoms with E-state index in [0.29, 0.717) is 62.2 Å². The molecule has 0 unspecified atom stereocenters. The molecule has 0 saturated carbocycles. The van der Waals surface area contributed by atoms with Gasteiger partial charge in [0.1, 0.15) is 11.6 Å². The molecule has 0 saturated heterocycles. The maximum absolute atomic E-state index is 12.4. The topological polar surface area (TPSA) is 212 Å². The first-order valence-corrected chi connectivity index (χ1v) is 26.1. The van der Waals surface area contributed by atoms with Crippen LogP contribution in [0.5, 0.6) is 11.6 Å². The van der Waals surface area contributed by atoms with Crippen LogP contribution >= 0.6 is 34.8 Å². The molecular formula is C61H49Cl3N12O4. The van der Waals surface area contributed by atoms with Crippen molar-refractivity contribution in [2.75, 3.05) is 40.3 Å². The molecule has 0 bridgehead atoms. The van der Waals surface area contributed by atoms with Crippen LogP contribution in [0.2, 0.25) is 15.1 Å². The van der Waals surface area contributed by atoms with E-state index in [4.69, 9.17) is 44.3 Å². The maximum Gasteiger partial charge on any atom is 0.324 e. The molecule has 12 aromatic rings. The molecule has 16 nitrogen and oxygen atoms in total. The number of halogens is 3. The van der Waals surface area contributed by atoms with Crippen molar-refractivity contribution in [3.05, 3.63) is 215 Å². The lowest BCUT2D eigenvalue weighted by Gasteiger charge is -2.08. The van der Waals surface area contributed by atoms with Crippen LogP contribution in [0.15, 0.2) is 200 Å². The summed E-state index contributed by atoms with van der Waals surface area (Å²) in [6, 6.07) is 62.2. The second kappa shape index (κ2) is 25.1. The lowest BCUT2D eigenvalue weighted by atomic mass is 10.0. The Morgan fingerprint density at radius 3 is 1.29 bits per heavy atom. The standard InChI is InChI=1S/C22H19ClN4O2.C20H15ClN4O.C19H15ClN4O/c1-2-29-16-10-8-15(9-11-16)24-22(28)25-21-18-12-17(14-6-4-3-5-7-14)19(23)13-20(18)26-27-21;21-17-12-18-16(11-15(17)13-7-3-1-4-8-13)19(25-24-18)23-20(26)22-14-9-5-2-6-10-14;1-25-18-9-5-8-17(21-18)22-19-14-10-13(12-6-3-2-4-7-12)15(20)11-16(14)23-24-19/h3-13H,2H2,1H3,(H3,24,25,26,27,28);1-12H,(H3,22,23,24,25,26);2-11H,1H3,(H2,21,22,23,24). The Morgan fingerprint density at radius 2 is 0.863 bits per heavy atom. The van der Waals surface area contributed by atoms with Gasteiger partial charge in [-0.1, -0.05) is 150 Å². The molecule has 0 fully saturated rings. The first-order chi connectivity index (χ1) is 39.1. The van der Waals surface area contributed by atoms with Gasteiger partial charge in [-0.2, -0.15) is 20.3 Å². The highest BCUT2D eigenvalue weighted by molar-refractivity contribution is 6.35. The van der Waals surface area contributed by atoms with E-state index in [0.717, 1.165) is 71.8 Å². The zero-order valence-electron chi connectivity index (χ0n) is 42.8. The monoisotopic (exact) mass is 1120 g/mol. The number of urea groups is 2. The minimum absolute atomic E-state index is 0.360. The molecule has 4 aromatic heterocycles. The Labute approximate surface area is 473 Å². The summed E-state index contributed by atoms with van der Waals surface area (Å²) in [5, 5.41) is 40.3. The van der Waals surface area contributed by atoms with Crippen LogP contribution in [0.4, 0.5) is 44.2 Å². The third-order valence-corrected chi connectivity index (χ3v) is 13.2. The first-order valence-electron chi connectivity index (χ1n) is 25.0. The molecule has 80 heavy (non-hydrogen) atoms. The first kappa shape index (κ1) is 53.5. The van der Waals surface area contributed by atoms with Gasteiger partial charge in [-0.15, -0.1) is 0 Å². The third kappa shape index (κ3) is 12.9. The van der Waals surface area contributed by atoms with Crippen LogP contribution in [0.1, 0.15) is 6.92 Å². The Kier molecular flexibility index (Phi) is 16.8. The highest BCUT2D eigenvalue weighted by Gasteiger charge is 2.17. The van der Waals surface area contributed by atoms with E-state index < -0.39 is 6.03 Å². The van der Waals surface area contributed by atoms with Crippen LogP contribution in [-0.4, -0.2) is 61.4 Å². The number of amides is 4. The number of aromatic nitrogens is 7. The van der Waals surface area contributed by atoms with Crippen molar-refractivity contribution in [3.8, 4) is 45.0 Å². The van der Waals surface area contributed by atoms with Crippen LogP contribution in [0, 0.1) is 0 Å². The van der Waals surface area contributed by atoms with E-state index in [1.807, 2.05) is 177 Å². The number of carbonyl (C=O) groups is 2. The number of fused-ring (bicyclic) bond motifs is 3. The normalized spacial score (nSPS) is 10.7. The second-order valence-corrected chi connectivity index (χ2v) is 18.8. The third-order valence-electron chi connectivity index (χ3n) is 12.3. The van der Waals surface area contributed by atoms with Gasteiger partial charge in [-0.05, 0) is 102 Å². The molecule has 4 amide bonds. The van der Waals surface area contributed by atoms with Crippen LogP contribution in [-0.2, 0) is 0 Å². The summed E-state index contributed by atoms with van der Waals surface area (Å²) in [6.07, 6.45) is 0. The Bertz CT molecular complexity index is 4070. The van der Waals surface area contributed by atoms with E-state index in [2.05, 4.69) is 62.2 Å². The van der Waals surface area contributed by atoms with Gasteiger partial charge in [-0.25, -0.2) is 9.59 Å². The van der Waals surface area contributed by atoms with E-state index in [1.165, 1.54) is 0 Å². The van der Waals surface area contributed by atoms with Crippen molar-refractivity contribution < 1.29 is 19.1 Å². The number of rotatable bonds is 12. The van der Waals surface area contributed by atoms with Gasteiger partial charge < -0.3 is 25.4 Å². The van der Waals surface area contributed by atoms with E-state index in [1.54, 1.807) is 37.4 Å². The number of carbonyl (C=O) groups excluding carboxylic acids is 2. The average molecular weight is 1120 g/mol. The fraction of sp³-hybridized carbons (Fsp3) is 0.0492. The number of methoxy groups -OCH3 is 1. The van der Waals surface area contributed by atoms with Crippen molar-refractivity contribution in [1.82, 2.24) is 35.6 Å². The highest BCUT2D eigenvalue weighted by atomic mass is 35.5. The van der Waals surface area contributed by atoms with Crippen molar-refractivity contribution in [2.24, 2.45) is 0 Å². The van der Waals surface area contributed by atoms with Crippen LogP contribution < -0.4 is 36.1 Å². The summed E-state index contributed by atoms with van der Waals surface area (Å²) in [7, 11) is 1.59. The summed E-state index contributed by atoms with van der Waals surface area (Å²) in [5.74, 6) is 3.51. The Balaban J connectivity index is 0.000000135. The summed E-state index contributed by atoms with van der Waals surface area (Å²) < 4.78 is 10.6. The maximum atomic E-state index is 12.4. The minimum atomic E-state index is -0.390. The number of nitrogens with one attached hydrogen (secondary N) is 8. The zero-order valence-corrected chi connectivity index (χ0v) is 45.1. The van der Waals surface area contributed by atoms with Crippen molar-refractivity contribution >= 4 is 114 Å². The molecule has 0 aliphatic heterocycles. The molecule has 12 rings (SSSR count). The van der Waals surface area contributed by atoms with Gasteiger partial charge in [0.05, 0.1) is 45.3 Å². The molecule has 0 aliphatic carbocycles. The van der Waals surface area contributed by atoms with Crippen LogP contribution in [0.3, 0.4) is 0 Å². The van der Waals surface area contributed by atoms with Gasteiger partial charge in [0.15, 0.2) is 17.5 Å². The number of nitrogens with zero attached hydrogens (tertiary/aromatic N) is 4. The number of ether oxygens (including phenoxy) is 2. The Hall–Kier alpha value is -9.87. The smallest absolute Gasteiger partial charge is 0.324 e. The largest absolute Gasteiger partial charge is 0.494 e. The zero-order chi connectivity index (χ0) is 55.4. The molecule has 0 aliphatic rings. The molecule has 8 N–H and O–H groups in total.